The Morgan fingerprint density at radius 3 is 2.48 bits per heavy atom. The van der Waals surface area contributed by atoms with Crippen LogP contribution in [0.1, 0.15) is 32.8 Å². The van der Waals surface area contributed by atoms with Crippen LogP contribution >= 0.6 is 0 Å². The Morgan fingerprint density at radius 2 is 1.87 bits per heavy atom. The molecule has 0 atom stereocenters. The van der Waals surface area contributed by atoms with Crippen LogP contribution in [-0.2, 0) is 20.5 Å². The molecule has 0 aliphatic heterocycles. The van der Waals surface area contributed by atoms with Crippen LogP contribution in [0.4, 0.5) is 10.5 Å². The average molecular weight is 343 g/mol. The fraction of sp³-hybridized carbons (Fsp3) is 0.533. The van der Waals surface area contributed by atoms with Crippen molar-refractivity contribution >= 4 is 21.8 Å². The van der Waals surface area contributed by atoms with Gasteiger partial charge in [0.2, 0.25) is 10.0 Å². The van der Waals surface area contributed by atoms with Crippen molar-refractivity contribution in [2.24, 2.45) is 0 Å². The molecule has 0 aliphatic rings. The monoisotopic (exact) mass is 343 g/mol. The van der Waals surface area contributed by atoms with Gasteiger partial charge in [0.1, 0.15) is 5.60 Å². The first-order valence-electron chi connectivity index (χ1n) is 7.37. The minimum Gasteiger partial charge on any atom is -0.444 e. The lowest BCUT2D eigenvalue weighted by Crippen LogP contribution is -2.34. The van der Waals surface area contributed by atoms with Gasteiger partial charge in [-0.05, 0) is 38.8 Å². The standard InChI is InChI=1S/C15H25N3O4S/c1-15(2,3)22-14(19)17-9-6-10-18-23(20,21)11-12-7-4-5-8-13(12)16/h4-5,7-8,18H,6,9-11,16H2,1-3H3,(H,17,19). The van der Waals surface area contributed by atoms with Gasteiger partial charge in [-0.25, -0.2) is 17.9 Å². The highest BCUT2D eigenvalue weighted by Gasteiger charge is 2.16. The van der Waals surface area contributed by atoms with Crippen molar-refractivity contribution < 1.29 is 17.9 Å². The number of amides is 1. The van der Waals surface area contributed by atoms with E-state index in [1.165, 1.54) is 0 Å². The third-order valence-corrected chi connectivity index (χ3v) is 4.08. The third-order valence-electron chi connectivity index (χ3n) is 2.74. The molecule has 0 saturated heterocycles. The SMILES string of the molecule is CC(C)(C)OC(=O)NCCCNS(=O)(=O)Cc1ccccc1N. The molecule has 0 aliphatic carbocycles. The molecule has 0 bridgehead atoms. The topological polar surface area (TPSA) is 111 Å². The van der Waals surface area contributed by atoms with E-state index in [4.69, 9.17) is 10.5 Å². The number of hydrogen-bond donors (Lipinski definition) is 3. The van der Waals surface area contributed by atoms with Crippen LogP contribution in [0, 0.1) is 0 Å². The average Bonchev–Trinajstić information content (AvgIpc) is 2.38. The van der Waals surface area contributed by atoms with Crippen LogP contribution in [0.3, 0.4) is 0 Å². The fourth-order valence-corrected chi connectivity index (χ4v) is 2.97. The van der Waals surface area contributed by atoms with Crippen molar-refractivity contribution in [1.29, 1.82) is 0 Å². The number of alkyl carbamates (subject to hydrolysis) is 1. The number of rotatable bonds is 7. The Bertz CT molecular complexity index is 624. The molecular weight excluding hydrogens is 318 g/mol. The highest BCUT2D eigenvalue weighted by Crippen LogP contribution is 2.13. The predicted molar refractivity (Wildman–Crippen MR) is 90.3 cm³/mol. The van der Waals surface area contributed by atoms with Crippen molar-refractivity contribution in [1.82, 2.24) is 10.0 Å². The summed E-state index contributed by atoms with van der Waals surface area (Å²) in [5.41, 5.74) is 6.19. The zero-order chi connectivity index (χ0) is 17.5. The van der Waals surface area contributed by atoms with Crippen LogP contribution in [-0.4, -0.2) is 33.2 Å². The third kappa shape index (κ3) is 8.41. The smallest absolute Gasteiger partial charge is 0.407 e. The number of carbonyl (C=O) groups excluding carboxylic acids is 1. The molecule has 1 aromatic carbocycles. The molecule has 23 heavy (non-hydrogen) atoms. The largest absolute Gasteiger partial charge is 0.444 e. The van der Waals surface area contributed by atoms with Gasteiger partial charge in [-0.15, -0.1) is 0 Å². The minimum atomic E-state index is -3.46. The molecule has 4 N–H and O–H groups in total. The van der Waals surface area contributed by atoms with Gasteiger partial charge in [-0.1, -0.05) is 18.2 Å². The summed E-state index contributed by atoms with van der Waals surface area (Å²) < 4.78 is 31.5. The first kappa shape index (κ1) is 19.2. The van der Waals surface area contributed by atoms with E-state index in [0.29, 0.717) is 24.2 Å². The summed E-state index contributed by atoms with van der Waals surface area (Å²) in [5, 5.41) is 2.57. The highest BCUT2D eigenvalue weighted by molar-refractivity contribution is 7.88. The van der Waals surface area contributed by atoms with E-state index < -0.39 is 21.7 Å². The number of anilines is 1. The maximum atomic E-state index is 12.0. The van der Waals surface area contributed by atoms with E-state index >= 15 is 0 Å². The van der Waals surface area contributed by atoms with Crippen molar-refractivity contribution in [2.75, 3.05) is 18.8 Å². The Hall–Kier alpha value is -1.80. The molecule has 1 rings (SSSR count). The summed E-state index contributed by atoms with van der Waals surface area (Å²) in [6.07, 6.45) is -0.0552. The van der Waals surface area contributed by atoms with Crippen molar-refractivity contribution in [3.8, 4) is 0 Å². The lowest BCUT2D eigenvalue weighted by atomic mass is 10.2. The molecule has 0 heterocycles. The van der Waals surface area contributed by atoms with Crippen molar-refractivity contribution in [2.45, 2.75) is 38.5 Å². The van der Waals surface area contributed by atoms with Crippen LogP contribution in [0.25, 0.3) is 0 Å². The van der Waals surface area contributed by atoms with E-state index in [1.807, 2.05) is 0 Å². The van der Waals surface area contributed by atoms with Gasteiger partial charge in [0, 0.05) is 18.8 Å². The van der Waals surface area contributed by atoms with E-state index in [0.717, 1.165) is 0 Å². The summed E-state index contributed by atoms with van der Waals surface area (Å²) >= 11 is 0. The minimum absolute atomic E-state index is 0.167. The van der Waals surface area contributed by atoms with Gasteiger partial charge in [0.15, 0.2) is 0 Å². The number of benzene rings is 1. The summed E-state index contributed by atoms with van der Waals surface area (Å²) in [4.78, 5) is 11.4. The maximum Gasteiger partial charge on any atom is 0.407 e. The molecule has 8 heteroatoms. The Kier molecular flexibility index (Phi) is 6.83. The predicted octanol–water partition coefficient (Wildman–Crippen LogP) is 1.60. The zero-order valence-corrected chi connectivity index (χ0v) is 14.6. The van der Waals surface area contributed by atoms with E-state index in [9.17, 15) is 13.2 Å². The maximum absolute atomic E-state index is 12.0. The lowest BCUT2D eigenvalue weighted by Gasteiger charge is -2.19. The number of ether oxygens (including phenoxy) is 1. The number of nitrogen functional groups attached to an aromatic ring is 1. The summed E-state index contributed by atoms with van der Waals surface area (Å²) in [7, 11) is -3.46. The number of para-hydroxylation sites is 1. The Balaban J connectivity index is 2.30. The Morgan fingerprint density at radius 1 is 1.22 bits per heavy atom. The van der Waals surface area contributed by atoms with Crippen LogP contribution in [0.2, 0.25) is 0 Å². The molecule has 0 spiro atoms. The number of sulfonamides is 1. The van der Waals surface area contributed by atoms with Crippen molar-refractivity contribution in [3.05, 3.63) is 29.8 Å². The summed E-state index contributed by atoms with van der Waals surface area (Å²) in [5.74, 6) is -0.167. The molecule has 1 amide bonds. The molecular formula is C15H25N3O4S. The molecule has 0 saturated carbocycles. The van der Waals surface area contributed by atoms with Gasteiger partial charge in [-0.3, -0.25) is 0 Å². The van der Waals surface area contributed by atoms with Gasteiger partial charge >= 0.3 is 6.09 Å². The van der Waals surface area contributed by atoms with Gasteiger partial charge in [-0.2, -0.15) is 0 Å². The van der Waals surface area contributed by atoms with Gasteiger partial charge in [0.05, 0.1) is 5.75 Å². The number of hydrogen-bond acceptors (Lipinski definition) is 5. The van der Waals surface area contributed by atoms with Crippen LogP contribution in [0.5, 0.6) is 0 Å². The molecule has 130 valence electrons. The molecule has 0 fully saturated rings. The second-order valence-electron chi connectivity index (χ2n) is 6.13. The summed E-state index contributed by atoms with van der Waals surface area (Å²) in [6.45, 7) is 5.87. The number of nitrogens with two attached hydrogens (primary N) is 1. The molecule has 0 aromatic heterocycles. The normalized spacial score (nSPS) is 12.0. The first-order chi connectivity index (χ1) is 10.6. The van der Waals surface area contributed by atoms with Crippen LogP contribution < -0.4 is 15.8 Å². The van der Waals surface area contributed by atoms with Crippen LogP contribution in [0.15, 0.2) is 24.3 Å². The summed E-state index contributed by atoms with van der Waals surface area (Å²) in [6, 6.07) is 6.83. The van der Waals surface area contributed by atoms with E-state index in [-0.39, 0.29) is 12.3 Å². The number of nitrogens with one attached hydrogen (secondary N) is 2. The quantitative estimate of drug-likeness (QED) is 0.514. The molecule has 1 aromatic rings. The molecule has 7 nitrogen and oxygen atoms in total. The zero-order valence-electron chi connectivity index (χ0n) is 13.8. The lowest BCUT2D eigenvalue weighted by molar-refractivity contribution is 0.0527. The molecule has 0 radical (unpaired) electrons. The van der Waals surface area contributed by atoms with Gasteiger partial charge < -0.3 is 15.8 Å². The first-order valence-corrected chi connectivity index (χ1v) is 9.02. The highest BCUT2D eigenvalue weighted by atomic mass is 32.2. The Labute approximate surface area is 137 Å². The number of carbonyl (C=O) groups is 1. The van der Waals surface area contributed by atoms with Gasteiger partial charge in [0.25, 0.3) is 0 Å². The second kappa shape index (κ2) is 8.16. The molecule has 0 unspecified atom stereocenters. The van der Waals surface area contributed by atoms with E-state index in [2.05, 4.69) is 10.0 Å². The van der Waals surface area contributed by atoms with E-state index in [1.54, 1.807) is 45.0 Å². The van der Waals surface area contributed by atoms with Crippen molar-refractivity contribution in [3.63, 3.8) is 0 Å². The second-order valence-corrected chi connectivity index (χ2v) is 7.94. The fourth-order valence-electron chi connectivity index (χ4n) is 1.74.